The van der Waals surface area contributed by atoms with Gasteiger partial charge in [-0.05, 0) is 31.2 Å². The lowest BCUT2D eigenvalue weighted by molar-refractivity contribution is 0.0950. The van der Waals surface area contributed by atoms with Gasteiger partial charge in [0.2, 0.25) is 0 Å². The summed E-state index contributed by atoms with van der Waals surface area (Å²) < 4.78 is 1.58. The molecule has 0 aliphatic carbocycles. The first-order valence-electron chi connectivity index (χ1n) is 7.87. The van der Waals surface area contributed by atoms with E-state index in [4.69, 9.17) is 34.8 Å². The van der Waals surface area contributed by atoms with Crippen LogP contribution in [0.2, 0.25) is 15.2 Å². The molecule has 1 aromatic carbocycles. The summed E-state index contributed by atoms with van der Waals surface area (Å²) in [6, 6.07) is 10.3. The molecule has 0 radical (unpaired) electrons. The van der Waals surface area contributed by atoms with E-state index in [1.807, 2.05) is 0 Å². The van der Waals surface area contributed by atoms with E-state index in [1.165, 1.54) is 12.4 Å². The molecule has 0 atom stereocenters. The molecule has 0 fully saturated rings. The number of aromatic nitrogens is 3. The molecule has 3 rings (SSSR count). The molecular weight excluding hydrogens is 409 g/mol. The van der Waals surface area contributed by atoms with Gasteiger partial charge in [0.25, 0.3) is 5.91 Å². The van der Waals surface area contributed by atoms with Gasteiger partial charge in [-0.2, -0.15) is 10.2 Å². The minimum Gasteiger partial charge on any atom is -0.266 e. The Labute approximate surface area is 170 Å². The highest BCUT2D eigenvalue weighted by molar-refractivity contribution is 6.36. The third-order valence-electron chi connectivity index (χ3n) is 3.74. The van der Waals surface area contributed by atoms with Crippen LogP contribution in [0.3, 0.4) is 0 Å². The molecule has 0 bridgehead atoms. The molecule has 0 aliphatic rings. The number of rotatable bonds is 5. The Morgan fingerprint density at radius 2 is 1.93 bits per heavy atom. The average molecular weight is 423 g/mol. The highest BCUT2D eigenvalue weighted by atomic mass is 35.5. The summed E-state index contributed by atoms with van der Waals surface area (Å²) in [5.41, 5.74) is 4.63. The number of carbonyl (C=O) groups excluding carboxylic acids is 1. The number of hydrazone groups is 1. The lowest BCUT2D eigenvalue weighted by atomic mass is 10.2. The van der Waals surface area contributed by atoms with Gasteiger partial charge < -0.3 is 0 Å². The van der Waals surface area contributed by atoms with E-state index >= 15 is 0 Å². The number of amides is 1. The molecule has 1 amide bonds. The molecule has 27 heavy (non-hydrogen) atoms. The topological polar surface area (TPSA) is 72.2 Å². The number of nitrogens with zero attached hydrogens (tertiary/aromatic N) is 4. The summed E-state index contributed by atoms with van der Waals surface area (Å²) in [5, 5.41) is 9.76. The number of benzene rings is 1. The van der Waals surface area contributed by atoms with Crippen molar-refractivity contribution >= 4 is 46.9 Å². The van der Waals surface area contributed by atoms with Crippen LogP contribution in [0.4, 0.5) is 0 Å². The zero-order valence-corrected chi connectivity index (χ0v) is 16.4. The molecule has 0 saturated carbocycles. The van der Waals surface area contributed by atoms with Gasteiger partial charge in [0.05, 0.1) is 24.0 Å². The predicted molar refractivity (Wildman–Crippen MR) is 107 cm³/mol. The molecule has 9 heteroatoms. The molecule has 2 heterocycles. The Bertz CT molecular complexity index is 981. The lowest BCUT2D eigenvalue weighted by Crippen LogP contribution is -2.18. The number of hydrogen-bond donors (Lipinski definition) is 1. The standard InChI is InChI=1S/C18H14Cl3N5O/c1-11-12(9-23-24-18(27)16-7-2-3-8-22-16)17(21)26(25-11)10-13-14(19)5-4-6-15(13)20/h2-9H,10H2,1H3,(H,24,27)/b23-9+. The van der Waals surface area contributed by atoms with Crippen LogP contribution in [-0.2, 0) is 6.54 Å². The third-order valence-corrected chi connectivity index (χ3v) is 4.84. The SMILES string of the molecule is Cc1nn(Cc2c(Cl)cccc2Cl)c(Cl)c1/C=N/NC(=O)c1ccccn1. The number of hydrogen-bond acceptors (Lipinski definition) is 4. The van der Waals surface area contributed by atoms with E-state index in [0.29, 0.717) is 33.0 Å². The maximum absolute atomic E-state index is 12.0. The van der Waals surface area contributed by atoms with E-state index in [0.717, 1.165) is 5.56 Å². The first-order chi connectivity index (χ1) is 13.0. The van der Waals surface area contributed by atoms with Gasteiger partial charge in [-0.25, -0.2) is 10.1 Å². The maximum atomic E-state index is 12.0. The van der Waals surface area contributed by atoms with E-state index < -0.39 is 5.91 Å². The molecule has 0 saturated heterocycles. The van der Waals surface area contributed by atoms with Crippen LogP contribution in [0.25, 0.3) is 0 Å². The van der Waals surface area contributed by atoms with Crippen LogP contribution in [-0.4, -0.2) is 26.9 Å². The third kappa shape index (κ3) is 4.47. The van der Waals surface area contributed by atoms with Crippen molar-refractivity contribution < 1.29 is 4.79 Å². The fourth-order valence-corrected chi connectivity index (χ4v) is 3.16. The van der Waals surface area contributed by atoms with Gasteiger partial charge in [0, 0.05) is 21.8 Å². The quantitative estimate of drug-likeness (QED) is 0.490. The summed E-state index contributed by atoms with van der Waals surface area (Å²) in [6.45, 7) is 2.10. The molecule has 6 nitrogen and oxygen atoms in total. The highest BCUT2D eigenvalue weighted by Gasteiger charge is 2.15. The van der Waals surface area contributed by atoms with Crippen molar-refractivity contribution in [3.05, 3.63) is 80.3 Å². The normalized spacial score (nSPS) is 11.1. The number of pyridine rings is 1. The second kappa shape index (κ2) is 8.52. The van der Waals surface area contributed by atoms with Gasteiger partial charge in [-0.3, -0.25) is 9.78 Å². The smallest absolute Gasteiger partial charge is 0.266 e. The van der Waals surface area contributed by atoms with Gasteiger partial charge in [-0.15, -0.1) is 0 Å². The second-order valence-electron chi connectivity index (χ2n) is 5.56. The van der Waals surface area contributed by atoms with Gasteiger partial charge in [-0.1, -0.05) is 46.9 Å². The van der Waals surface area contributed by atoms with Crippen molar-refractivity contribution in [2.24, 2.45) is 5.10 Å². The summed E-state index contributed by atoms with van der Waals surface area (Å²) in [6.07, 6.45) is 2.97. The Hall–Kier alpha value is -2.41. The van der Waals surface area contributed by atoms with Gasteiger partial charge in [0.15, 0.2) is 0 Å². The largest absolute Gasteiger partial charge is 0.289 e. The fraction of sp³-hybridized carbons (Fsp3) is 0.111. The number of aryl methyl sites for hydroxylation is 1. The minimum absolute atomic E-state index is 0.265. The summed E-state index contributed by atoms with van der Waals surface area (Å²) in [4.78, 5) is 15.9. The zero-order valence-electron chi connectivity index (χ0n) is 14.2. The van der Waals surface area contributed by atoms with E-state index in [-0.39, 0.29) is 5.69 Å². The Morgan fingerprint density at radius 1 is 1.19 bits per heavy atom. The summed E-state index contributed by atoms with van der Waals surface area (Å²) in [7, 11) is 0. The van der Waals surface area contributed by atoms with E-state index in [2.05, 4.69) is 20.6 Å². The van der Waals surface area contributed by atoms with Crippen molar-refractivity contribution in [3.63, 3.8) is 0 Å². The fourth-order valence-electron chi connectivity index (χ4n) is 2.36. The zero-order chi connectivity index (χ0) is 19.4. The summed E-state index contributed by atoms with van der Waals surface area (Å²) >= 11 is 18.8. The van der Waals surface area contributed by atoms with Crippen LogP contribution in [0.1, 0.15) is 27.3 Å². The molecule has 2 aromatic heterocycles. The van der Waals surface area contributed by atoms with Crippen molar-refractivity contribution in [3.8, 4) is 0 Å². The summed E-state index contributed by atoms with van der Waals surface area (Å²) in [5.74, 6) is -0.420. The highest BCUT2D eigenvalue weighted by Crippen LogP contribution is 2.27. The van der Waals surface area contributed by atoms with Crippen molar-refractivity contribution in [1.82, 2.24) is 20.2 Å². The number of carbonyl (C=O) groups is 1. The second-order valence-corrected chi connectivity index (χ2v) is 6.73. The van der Waals surface area contributed by atoms with Crippen LogP contribution in [0.5, 0.6) is 0 Å². The number of halogens is 3. The van der Waals surface area contributed by atoms with Crippen LogP contribution in [0.15, 0.2) is 47.7 Å². The monoisotopic (exact) mass is 421 g/mol. The minimum atomic E-state index is -0.420. The van der Waals surface area contributed by atoms with Crippen LogP contribution >= 0.6 is 34.8 Å². The van der Waals surface area contributed by atoms with Gasteiger partial charge >= 0.3 is 0 Å². The predicted octanol–water partition coefficient (Wildman–Crippen LogP) is 4.36. The molecule has 138 valence electrons. The van der Waals surface area contributed by atoms with E-state index in [9.17, 15) is 4.79 Å². The van der Waals surface area contributed by atoms with Gasteiger partial charge in [0.1, 0.15) is 10.8 Å². The van der Waals surface area contributed by atoms with Crippen molar-refractivity contribution in [2.75, 3.05) is 0 Å². The average Bonchev–Trinajstić information content (AvgIpc) is 2.93. The van der Waals surface area contributed by atoms with Crippen LogP contribution < -0.4 is 5.43 Å². The molecular formula is C18H14Cl3N5O. The number of nitrogens with one attached hydrogen (secondary N) is 1. The van der Waals surface area contributed by atoms with Crippen molar-refractivity contribution in [2.45, 2.75) is 13.5 Å². The molecule has 3 aromatic rings. The van der Waals surface area contributed by atoms with Crippen LogP contribution in [0, 0.1) is 6.92 Å². The Morgan fingerprint density at radius 3 is 2.59 bits per heavy atom. The first-order valence-corrected chi connectivity index (χ1v) is 9.01. The molecule has 1 N–H and O–H groups in total. The molecule has 0 aliphatic heterocycles. The Kier molecular flexibility index (Phi) is 6.11. The van der Waals surface area contributed by atoms with Crippen molar-refractivity contribution in [1.29, 1.82) is 0 Å². The Balaban J connectivity index is 1.77. The molecule has 0 unspecified atom stereocenters. The first kappa shape index (κ1) is 19.4. The molecule has 0 spiro atoms. The lowest BCUT2D eigenvalue weighted by Gasteiger charge is -2.08. The maximum Gasteiger partial charge on any atom is 0.289 e. The van der Waals surface area contributed by atoms with E-state index in [1.54, 1.807) is 48.0 Å².